The summed E-state index contributed by atoms with van der Waals surface area (Å²) in [5.41, 5.74) is 9.18. The smallest absolute Gasteiger partial charge is 0.0755 e. The first-order valence-corrected chi connectivity index (χ1v) is 7.26. The van der Waals surface area contributed by atoms with Crippen LogP contribution in [0.25, 0.3) is 10.8 Å². The minimum absolute atomic E-state index is 0.393. The van der Waals surface area contributed by atoms with Gasteiger partial charge in [0.05, 0.1) is 12.2 Å². The van der Waals surface area contributed by atoms with Gasteiger partial charge in [0, 0.05) is 47.1 Å². The second kappa shape index (κ2) is 4.35. The largest absolute Gasteiger partial charge is 0.398 e. The maximum atomic E-state index is 6.09. The quantitative estimate of drug-likeness (QED) is 0.808. The minimum atomic E-state index is 0.393. The topological polar surface area (TPSA) is 51.4 Å². The zero-order valence-electron chi connectivity index (χ0n) is 11.7. The summed E-state index contributed by atoms with van der Waals surface area (Å²) in [6.45, 7) is 3.99. The molecule has 2 atom stereocenters. The highest BCUT2D eigenvalue weighted by Gasteiger charge is 2.34. The van der Waals surface area contributed by atoms with Crippen molar-refractivity contribution in [3.63, 3.8) is 0 Å². The molecule has 2 unspecified atom stereocenters. The Morgan fingerprint density at radius 1 is 1.20 bits per heavy atom. The summed E-state index contributed by atoms with van der Waals surface area (Å²) in [6, 6.07) is 6.27. The van der Waals surface area contributed by atoms with Crippen molar-refractivity contribution in [2.24, 2.45) is 0 Å². The molecule has 2 saturated heterocycles. The van der Waals surface area contributed by atoms with Crippen LogP contribution in [0, 0.1) is 6.92 Å². The number of nitrogen functional groups attached to an aromatic ring is 1. The van der Waals surface area contributed by atoms with E-state index in [4.69, 9.17) is 10.5 Å². The van der Waals surface area contributed by atoms with Crippen LogP contribution >= 0.6 is 0 Å². The Bertz CT molecular complexity index is 658. The van der Waals surface area contributed by atoms with Gasteiger partial charge in [-0.05, 0) is 38.0 Å². The van der Waals surface area contributed by atoms with Crippen LogP contribution in [0.4, 0.5) is 11.4 Å². The van der Waals surface area contributed by atoms with E-state index < -0.39 is 0 Å². The van der Waals surface area contributed by atoms with Crippen molar-refractivity contribution < 1.29 is 4.74 Å². The molecule has 1 aromatic carbocycles. The van der Waals surface area contributed by atoms with E-state index in [1.807, 2.05) is 19.2 Å². The maximum Gasteiger partial charge on any atom is 0.0755 e. The van der Waals surface area contributed by atoms with Crippen LogP contribution in [0.1, 0.15) is 18.5 Å². The van der Waals surface area contributed by atoms with Gasteiger partial charge >= 0.3 is 0 Å². The van der Waals surface area contributed by atoms with Crippen molar-refractivity contribution in [3.8, 4) is 0 Å². The van der Waals surface area contributed by atoms with Crippen LogP contribution in [0.5, 0.6) is 0 Å². The highest BCUT2D eigenvalue weighted by Crippen LogP contribution is 2.35. The third-order valence-electron chi connectivity index (χ3n) is 4.43. The Morgan fingerprint density at radius 3 is 2.70 bits per heavy atom. The summed E-state index contributed by atoms with van der Waals surface area (Å²) in [5.74, 6) is 0. The van der Waals surface area contributed by atoms with E-state index in [1.54, 1.807) is 0 Å². The molecule has 4 rings (SSSR count). The van der Waals surface area contributed by atoms with E-state index in [-0.39, 0.29) is 0 Å². The zero-order chi connectivity index (χ0) is 13.7. The van der Waals surface area contributed by atoms with Crippen LogP contribution in [0.3, 0.4) is 0 Å². The van der Waals surface area contributed by atoms with Crippen molar-refractivity contribution in [1.82, 2.24) is 4.98 Å². The SMILES string of the molecule is Cc1cc2c(N3CC4CCC(C3)O4)ccc(N)c2cn1. The van der Waals surface area contributed by atoms with E-state index in [1.165, 1.54) is 23.9 Å². The molecule has 20 heavy (non-hydrogen) atoms. The van der Waals surface area contributed by atoms with Gasteiger partial charge in [-0.2, -0.15) is 0 Å². The van der Waals surface area contributed by atoms with Gasteiger partial charge in [0.2, 0.25) is 0 Å². The monoisotopic (exact) mass is 269 g/mol. The average Bonchev–Trinajstić information content (AvgIpc) is 2.78. The van der Waals surface area contributed by atoms with E-state index in [0.717, 1.165) is 29.9 Å². The lowest BCUT2D eigenvalue weighted by atomic mass is 10.1. The van der Waals surface area contributed by atoms with Gasteiger partial charge in [-0.15, -0.1) is 0 Å². The first-order valence-electron chi connectivity index (χ1n) is 7.26. The molecule has 2 fully saturated rings. The molecule has 2 aliphatic rings. The summed E-state index contributed by atoms with van der Waals surface area (Å²) in [7, 11) is 0. The molecule has 3 heterocycles. The van der Waals surface area contributed by atoms with Crippen LogP contribution in [-0.4, -0.2) is 30.3 Å². The molecule has 2 aliphatic heterocycles. The molecule has 0 amide bonds. The molecular formula is C16H19N3O. The Balaban J connectivity index is 1.83. The van der Waals surface area contributed by atoms with Crippen LogP contribution in [-0.2, 0) is 4.74 Å². The van der Waals surface area contributed by atoms with Gasteiger partial charge in [-0.3, -0.25) is 4.98 Å². The number of aromatic nitrogens is 1. The summed E-state index contributed by atoms with van der Waals surface area (Å²) in [5, 5.41) is 2.26. The Kier molecular flexibility index (Phi) is 2.60. The molecule has 0 spiro atoms. The highest BCUT2D eigenvalue weighted by molar-refractivity contribution is 6.01. The molecule has 4 nitrogen and oxygen atoms in total. The summed E-state index contributed by atoms with van der Waals surface area (Å²) >= 11 is 0. The molecule has 0 aliphatic carbocycles. The van der Waals surface area contributed by atoms with Gasteiger partial charge in [0.15, 0.2) is 0 Å². The van der Waals surface area contributed by atoms with Crippen LogP contribution in [0.2, 0.25) is 0 Å². The fourth-order valence-electron chi connectivity index (χ4n) is 3.44. The van der Waals surface area contributed by atoms with Gasteiger partial charge < -0.3 is 15.4 Å². The molecule has 2 N–H and O–H groups in total. The zero-order valence-corrected chi connectivity index (χ0v) is 11.7. The molecule has 2 bridgehead atoms. The summed E-state index contributed by atoms with van der Waals surface area (Å²) in [6.07, 6.45) is 5.05. The maximum absolute atomic E-state index is 6.09. The fraction of sp³-hybridized carbons (Fsp3) is 0.438. The highest BCUT2D eigenvalue weighted by atomic mass is 16.5. The Hall–Kier alpha value is -1.81. The van der Waals surface area contributed by atoms with E-state index in [2.05, 4.69) is 22.0 Å². The van der Waals surface area contributed by atoms with Crippen molar-refractivity contribution in [2.45, 2.75) is 32.0 Å². The molecule has 0 radical (unpaired) electrons. The fourth-order valence-corrected chi connectivity index (χ4v) is 3.44. The number of anilines is 2. The third kappa shape index (κ3) is 1.83. The predicted octanol–water partition coefficient (Wildman–Crippen LogP) is 2.49. The number of hydrogen-bond donors (Lipinski definition) is 1. The Morgan fingerprint density at radius 2 is 1.95 bits per heavy atom. The number of aryl methyl sites for hydroxylation is 1. The lowest BCUT2D eigenvalue weighted by Gasteiger charge is -2.34. The van der Waals surface area contributed by atoms with Gasteiger partial charge in [0.1, 0.15) is 0 Å². The first kappa shape index (κ1) is 12.0. The molecule has 104 valence electrons. The van der Waals surface area contributed by atoms with Crippen LogP contribution < -0.4 is 10.6 Å². The average molecular weight is 269 g/mol. The van der Waals surface area contributed by atoms with Crippen molar-refractivity contribution in [1.29, 1.82) is 0 Å². The van der Waals surface area contributed by atoms with E-state index >= 15 is 0 Å². The number of hydrogen-bond acceptors (Lipinski definition) is 4. The lowest BCUT2D eigenvalue weighted by molar-refractivity contribution is 0.0306. The predicted molar refractivity (Wildman–Crippen MR) is 81.0 cm³/mol. The number of nitrogens with zero attached hydrogens (tertiary/aromatic N) is 2. The number of ether oxygens (including phenoxy) is 1. The second-order valence-corrected chi connectivity index (χ2v) is 5.91. The van der Waals surface area contributed by atoms with Crippen molar-refractivity contribution >= 4 is 22.1 Å². The minimum Gasteiger partial charge on any atom is -0.398 e. The normalized spacial score (nSPS) is 25.4. The lowest BCUT2D eigenvalue weighted by Crippen LogP contribution is -2.42. The standard InChI is InChI=1S/C16H19N3O/c1-10-6-13-14(7-18-10)15(17)4-5-16(13)19-8-11-2-3-12(9-19)20-11/h4-7,11-12H,2-3,8-9,17H2,1H3. The molecule has 0 saturated carbocycles. The Labute approximate surface area is 118 Å². The second-order valence-electron chi connectivity index (χ2n) is 5.91. The molecule has 4 heteroatoms. The number of rotatable bonds is 1. The third-order valence-corrected chi connectivity index (χ3v) is 4.43. The van der Waals surface area contributed by atoms with Gasteiger partial charge in [-0.25, -0.2) is 0 Å². The molecule has 1 aromatic heterocycles. The number of pyridine rings is 1. The van der Waals surface area contributed by atoms with Gasteiger partial charge in [0.25, 0.3) is 0 Å². The van der Waals surface area contributed by atoms with E-state index in [9.17, 15) is 0 Å². The first-order chi connectivity index (χ1) is 9.70. The summed E-state index contributed by atoms with van der Waals surface area (Å²) in [4.78, 5) is 6.82. The number of morpholine rings is 1. The molecule has 2 aromatic rings. The van der Waals surface area contributed by atoms with Crippen molar-refractivity contribution in [3.05, 3.63) is 30.1 Å². The van der Waals surface area contributed by atoms with Crippen LogP contribution in [0.15, 0.2) is 24.4 Å². The van der Waals surface area contributed by atoms with E-state index in [0.29, 0.717) is 12.2 Å². The number of nitrogens with two attached hydrogens (primary N) is 1. The van der Waals surface area contributed by atoms with Crippen molar-refractivity contribution in [2.75, 3.05) is 23.7 Å². The molecular weight excluding hydrogens is 250 g/mol. The van der Waals surface area contributed by atoms with Gasteiger partial charge in [-0.1, -0.05) is 0 Å². The summed E-state index contributed by atoms with van der Waals surface area (Å²) < 4.78 is 5.93. The number of fused-ring (bicyclic) bond motifs is 3. The number of benzene rings is 1.